The zero-order valence-electron chi connectivity index (χ0n) is 13.5. The average molecular weight is 337 g/mol. The Morgan fingerprint density at radius 1 is 1.20 bits per heavy atom. The maximum atomic E-state index is 13.8. The summed E-state index contributed by atoms with van der Waals surface area (Å²) >= 11 is 0. The third kappa shape index (κ3) is 2.77. The molecule has 6 nitrogen and oxygen atoms in total. The fourth-order valence-corrected chi connectivity index (χ4v) is 3.01. The van der Waals surface area contributed by atoms with Gasteiger partial charge in [-0.15, -0.1) is 10.2 Å². The lowest BCUT2D eigenvalue weighted by molar-refractivity contribution is 0.347. The molecule has 0 spiro atoms. The van der Waals surface area contributed by atoms with Gasteiger partial charge in [0.25, 0.3) is 0 Å². The molecule has 2 heterocycles. The van der Waals surface area contributed by atoms with Crippen LogP contribution in [0.5, 0.6) is 5.75 Å². The Balaban J connectivity index is 1.65. The molecule has 0 fully saturated rings. The summed E-state index contributed by atoms with van der Waals surface area (Å²) < 4.78 is 13.8. The number of aromatic nitrogens is 4. The molecule has 7 heteroatoms. The highest BCUT2D eigenvalue weighted by Gasteiger charge is 2.28. The minimum Gasteiger partial charge on any atom is -0.507 e. The normalized spacial score (nSPS) is 19.4. The number of rotatable bonds is 3. The molecule has 3 aromatic rings. The molecule has 0 saturated heterocycles. The third-order valence-corrected chi connectivity index (χ3v) is 4.46. The van der Waals surface area contributed by atoms with Gasteiger partial charge in [-0.1, -0.05) is 12.2 Å². The second-order valence-electron chi connectivity index (χ2n) is 6.02. The molecule has 0 unspecified atom stereocenters. The lowest BCUT2D eigenvalue weighted by Crippen LogP contribution is -2.37. The maximum absolute atomic E-state index is 13.8. The number of alkyl halides is 1. The number of halogens is 1. The van der Waals surface area contributed by atoms with E-state index in [-0.39, 0.29) is 11.8 Å². The number of hydrogen-bond donors (Lipinski definition) is 1. The van der Waals surface area contributed by atoms with Crippen LogP contribution in [0.4, 0.5) is 10.3 Å². The molecule has 1 aliphatic rings. The van der Waals surface area contributed by atoms with Gasteiger partial charge in [0, 0.05) is 30.4 Å². The van der Waals surface area contributed by atoms with Gasteiger partial charge in [0.1, 0.15) is 17.6 Å². The lowest BCUT2D eigenvalue weighted by Gasteiger charge is -2.25. The van der Waals surface area contributed by atoms with Gasteiger partial charge in [0.15, 0.2) is 0 Å². The van der Waals surface area contributed by atoms with Crippen molar-refractivity contribution in [2.45, 2.75) is 18.6 Å². The highest BCUT2D eigenvalue weighted by Crippen LogP contribution is 2.32. The first-order valence-electron chi connectivity index (χ1n) is 7.94. The van der Waals surface area contributed by atoms with Gasteiger partial charge in [-0.3, -0.25) is 4.98 Å². The van der Waals surface area contributed by atoms with Crippen molar-refractivity contribution in [1.29, 1.82) is 0 Å². The summed E-state index contributed by atoms with van der Waals surface area (Å²) in [6.45, 7) is 0. The monoisotopic (exact) mass is 337 g/mol. The number of phenolic OH excluding ortho intramolecular Hbond substituents is 1. The van der Waals surface area contributed by atoms with E-state index in [9.17, 15) is 9.50 Å². The van der Waals surface area contributed by atoms with E-state index in [1.54, 1.807) is 36.5 Å². The number of anilines is 1. The summed E-state index contributed by atoms with van der Waals surface area (Å²) in [6.07, 6.45) is 7.85. The van der Waals surface area contributed by atoms with Crippen molar-refractivity contribution in [3.63, 3.8) is 0 Å². The molecule has 2 atom stereocenters. The first kappa shape index (κ1) is 15.4. The van der Waals surface area contributed by atoms with Crippen LogP contribution in [0.3, 0.4) is 0 Å². The first-order valence-corrected chi connectivity index (χ1v) is 7.94. The number of pyridine rings is 1. The van der Waals surface area contributed by atoms with E-state index in [1.165, 1.54) is 6.20 Å². The molecular formula is C18H16FN5O. The number of phenols is 1. The summed E-state index contributed by atoms with van der Waals surface area (Å²) in [4.78, 5) is 10.0. The molecule has 25 heavy (non-hydrogen) atoms. The molecule has 0 radical (unpaired) electrons. The smallest absolute Gasteiger partial charge is 0.245 e. The van der Waals surface area contributed by atoms with E-state index in [2.05, 4.69) is 20.2 Å². The van der Waals surface area contributed by atoms with Crippen LogP contribution >= 0.6 is 0 Å². The van der Waals surface area contributed by atoms with Crippen LogP contribution in [0.25, 0.3) is 22.0 Å². The van der Waals surface area contributed by atoms with Crippen LogP contribution in [-0.4, -0.2) is 44.5 Å². The predicted octanol–water partition coefficient (Wildman–Crippen LogP) is 2.90. The Morgan fingerprint density at radius 3 is 2.80 bits per heavy atom. The molecule has 1 aliphatic carbocycles. The summed E-state index contributed by atoms with van der Waals surface area (Å²) in [5, 5.41) is 20.3. The lowest BCUT2D eigenvalue weighted by atomic mass is 10.1. The Hall–Kier alpha value is -3.09. The highest BCUT2D eigenvalue weighted by atomic mass is 19.1. The van der Waals surface area contributed by atoms with E-state index in [1.807, 2.05) is 18.2 Å². The van der Waals surface area contributed by atoms with Crippen LogP contribution in [0.2, 0.25) is 0 Å². The zero-order valence-corrected chi connectivity index (χ0v) is 13.5. The fourth-order valence-electron chi connectivity index (χ4n) is 3.01. The SMILES string of the molecule is CN(c1ncc(-c2cc3ccncc3cc2O)nn1)[C@H]1CC=C[C@@H]1F. The van der Waals surface area contributed by atoms with Crippen LogP contribution in [0.1, 0.15) is 6.42 Å². The standard InChI is InChI=1S/C18H16FN5O/c1-24(16-4-2-3-14(16)19)18-21-10-15(22-23-18)13-7-11-5-6-20-9-12(11)8-17(13)25/h2-3,5-10,14,16,25H,4H2,1H3/t14-,16-/m0/s1. The number of aromatic hydroxyl groups is 1. The van der Waals surface area contributed by atoms with E-state index in [0.29, 0.717) is 23.6 Å². The fraction of sp³-hybridized carbons (Fsp3) is 0.222. The van der Waals surface area contributed by atoms with Crippen molar-refractivity contribution in [1.82, 2.24) is 20.2 Å². The maximum Gasteiger partial charge on any atom is 0.245 e. The van der Waals surface area contributed by atoms with Crippen molar-refractivity contribution in [2.24, 2.45) is 0 Å². The zero-order chi connectivity index (χ0) is 17.4. The van der Waals surface area contributed by atoms with Gasteiger partial charge in [0.2, 0.25) is 5.95 Å². The molecule has 2 aromatic heterocycles. The Morgan fingerprint density at radius 2 is 2.08 bits per heavy atom. The Kier molecular flexibility index (Phi) is 3.76. The summed E-state index contributed by atoms with van der Waals surface area (Å²) in [5.41, 5.74) is 0.994. The van der Waals surface area contributed by atoms with Gasteiger partial charge in [0.05, 0.1) is 12.2 Å². The summed E-state index contributed by atoms with van der Waals surface area (Å²) in [5.74, 6) is 0.436. The van der Waals surface area contributed by atoms with Crippen LogP contribution in [0.15, 0.2) is 48.9 Å². The number of benzene rings is 1. The molecule has 4 rings (SSSR count). The first-order chi connectivity index (χ1) is 12.1. The van der Waals surface area contributed by atoms with Crippen LogP contribution in [-0.2, 0) is 0 Å². The van der Waals surface area contributed by atoms with Gasteiger partial charge >= 0.3 is 0 Å². The Bertz CT molecular complexity index is 944. The topological polar surface area (TPSA) is 75.0 Å². The van der Waals surface area contributed by atoms with Gasteiger partial charge in [-0.05, 0) is 30.0 Å². The number of hydrogen-bond acceptors (Lipinski definition) is 6. The van der Waals surface area contributed by atoms with Crippen molar-refractivity contribution in [3.05, 3.63) is 48.9 Å². The molecule has 0 aliphatic heterocycles. The Labute approximate surface area is 143 Å². The number of fused-ring (bicyclic) bond motifs is 1. The average Bonchev–Trinajstić information content (AvgIpc) is 3.06. The minimum atomic E-state index is -1.04. The number of nitrogens with zero attached hydrogens (tertiary/aromatic N) is 5. The highest BCUT2D eigenvalue weighted by molar-refractivity contribution is 5.89. The second kappa shape index (κ2) is 6.08. The minimum absolute atomic E-state index is 0.0847. The van der Waals surface area contributed by atoms with Gasteiger partial charge in [-0.25, -0.2) is 9.37 Å². The second-order valence-corrected chi connectivity index (χ2v) is 6.02. The quantitative estimate of drug-likeness (QED) is 0.741. The van der Waals surface area contributed by atoms with Crippen molar-refractivity contribution < 1.29 is 9.50 Å². The summed E-state index contributed by atoms with van der Waals surface area (Å²) in [6, 6.07) is 5.00. The predicted molar refractivity (Wildman–Crippen MR) is 93.1 cm³/mol. The van der Waals surface area contributed by atoms with E-state index in [0.717, 1.165) is 10.8 Å². The van der Waals surface area contributed by atoms with E-state index >= 15 is 0 Å². The molecule has 0 saturated carbocycles. The van der Waals surface area contributed by atoms with Crippen molar-refractivity contribution >= 4 is 16.7 Å². The molecule has 1 N–H and O–H groups in total. The third-order valence-electron chi connectivity index (χ3n) is 4.46. The van der Waals surface area contributed by atoms with Crippen LogP contribution < -0.4 is 4.90 Å². The van der Waals surface area contributed by atoms with E-state index < -0.39 is 6.17 Å². The molecule has 0 bridgehead atoms. The molecule has 126 valence electrons. The largest absolute Gasteiger partial charge is 0.507 e. The van der Waals surface area contributed by atoms with Gasteiger partial charge in [-0.2, -0.15) is 0 Å². The van der Waals surface area contributed by atoms with E-state index in [4.69, 9.17) is 0 Å². The molecule has 1 aromatic carbocycles. The van der Waals surface area contributed by atoms with Gasteiger partial charge < -0.3 is 10.0 Å². The summed E-state index contributed by atoms with van der Waals surface area (Å²) in [7, 11) is 1.75. The van der Waals surface area contributed by atoms with Crippen LogP contribution in [0, 0.1) is 0 Å². The molecule has 0 amide bonds. The molecular weight excluding hydrogens is 321 g/mol. The van der Waals surface area contributed by atoms with Crippen molar-refractivity contribution in [2.75, 3.05) is 11.9 Å². The van der Waals surface area contributed by atoms with Crippen molar-refractivity contribution in [3.8, 4) is 17.0 Å².